The van der Waals surface area contributed by atoms with Crippen molar-refractivity contribution in [2.75, 3.05) is 18.4 Å². The molecule has 116 valence electrons. The lowest BCUT2D eigenvalue weighted by Crippen LogP contribution is -2.39. The van der Waals surface area contributed by atoms with Crippen LogP contribution < -0.4 is 5.32 Å². The lowest BCUT2D eigenvalue weighted by molar-refractivity contribution is -0.131. The quantitative estimate of drug-likeness (QED) is 0.862. The normalized spacial score (nSPS) is 20.5. The maximum Gasteiger partial charge on any atom is 0.327 e. The lowest BCUT2D eigenvalue weighted by Gasteiger charge is -2.15. The van der Waals surface area contributed by atoms with Crippen molar-refractivity contribution < 1.29 is 18.8 Å². The molecule has 4 amide bonds. The first-order valence-corrected chi connectivity index (χ1v) is 7.22. The molecule has 1 aromatic carbocycles. The van der Waals surface area contributed by atoms with Gasteiger partial charge in [-0.2, -0.15) is 0 Å². The van der Waals surface area contributed by atoms with Gasteiger partial charge in [-0.05, 0) is 31.0 Å². The molecule has 2 fully saturated rings. The van der Waals surface area contributed by atoms with Crippen LogP contribution in [0, 0.1) is 5.82 Å². The lowest BCUT2D eigenvalue weighted by atomic mass is 10.2. The maximum atomic E-state index is 13.1. The van der Waals surface area contributed by atoms with E-state index in [4.69, 9.17) is 11.6 Å². The number of imide groups is 1. The van der Waals surface area contributed by atoms with Gasteiger partial charge in [-0.25, -0.2) is 9.18 Å². The molecule has 2 aliphatic heterocycles. The standard InChI is InChI=1S/C14H13ClFN3O3/c15-9-6-8(3-4-10(9)16)17-12(20)7-19-13(21)11-2-1-5-18(11)14(19)22/h3-4,6,11H,1-2,5,7H2,(H,17,20). The predicted molar refractivity (Wildman–Crippen MR) is 76.9 cm³/mol. The number of carbonyl (C=O) groups is 3. The zero-order valence-corrected chi connectivity index (χ0v) is 12.3. The van der Waals surface area contributed by atoms with E-state index in [9.17, 15) is 18.8 Å². The van der Waals surface area contributed by atoms with Crippen LogP contribution in [-0.2, 0) is 9.59 Å². The minimum atomic E-state index is -0.592. The zero-order valence-electron chi connectivity index (χ0n) is 11.5. The van der Waals surface area contributed by atoms with Gasteiger partial charge in [0, 0.05) is 12.2 Å². The van der Waals surface area contributed by atoms with E-state index in [0.717, 1.165) is 17.4 Å². The van der Waals surface area contributed by atoms with E-state index in [1.165, 1.54) is 17.0 Å². The summed E-state index contributed by atoms with van der Waals surface area (Å²) in [7, 11) is 0. The summed E-state index contributed by atoms with van der Waals surface area (Å²) < 4.78 is 13.1. The van der Waals surface area contributed by atoms with Crippen LogP contribution in [0.2, 0.25) is 5.02 Å². The molecule has 0 spiro atoms. The average molecular weight is 326 g/mol. The molecular formula is C14H13ClFN3O3. The number of rotatable bonds is 3. The number of benzene rings is 1. The molecule has 1 atom stereocenters. The summed E-state index contributed by atoms with van der Waals surface area (Å²) in [5, 5.41) is 2.37. The number of amides is 4. The highest BCUT2D eigenvalue weighted by Crippen LogP contribution is 2.27. The van der Waals surface area contributed by atoms with E-state index in [0.29, 0.717) is 18.7 Å². The number of carbonyl (C=O) groups excluding carboxylic acids is 3. The third kappa shape index (κ3) is 2.52. The molecule has 1 unspecified atom stereocenters. The third-order valence-electron chi connectivity index (χ3n) is 3.79. The minimum Gasteiger partial charge on any atom is -0.324 e. The number of hydrogen-bond donors (Lipinski definition) is 1. The third-order valence-corrected chi connectivity index (χ3v) is 4.08. The highest BCUT2D eigenvalue weighted by Gasteiger charge is 2.47. The molecule has 2 aliphatic rings. The van der Waals surface area contributed by atoms with Gasteiger partial charge in [0.2, 0.25) is 5.91 Å². The van der Waals surface area contributed by atoms with Crippen LogP contribution >= 0.6 is 11.6 Å². The van der Waals surface area contributed by atoms with Crippen molar-refractivity contribution in [2.45, 2.75) is 18.9 Å². The predicted octanol–water partition coefficient (Wildman–Crippen LogP) is 1.84. The number of nitrogens with zero attached hydrogens (tertiary/aromatic N) is 2. The molecule has 8 heteroatoms. The van der Waals surface area contributed by atoms with Crippen molar-refractivity contribution in [1.29, 1.82) is 0 Å². The van der Waals surface area contributed by atoms with Gasteiger partial charge in [-0.3, -0.25) is 14.5 Å². The number of fused-ring (bicyclic) bond motifs is 1. The Labute approximate surface area is 130 Å². The molecule has 0 radical (unpaired) electrons. The van der Waals surface area contributed by atoms with E-state index in [1.807, 2.05) is 0 Å². The second kappa shape index (κ2) is 5.57. The van der Waals surface area contributed by atoms with Crippen LogP contribution in [0.1, 0.15) is 12.8 Å². The molecule has 0 saturated carbocycles. The largest absolute Gasteiger partial charge is 0.327 e. The zero-order chi connectivity index (χ0) is 15.9. The number of anilines is 1. The van der Waals surface area contributed by atoms with E-state index in [-0.39, 0.29) is 17.5 Å². The van der Waals surface area contributed by atoms with Gasteiger partial charge in [-0.15, -0.1) is 0 Å². The Balaban J connectivity index is 1.66. The first kappa shape index (κ1) is 14.8. The SMILES string of the molecule is O=C(CN1C(=O)C2CCCN2C1=O)Nc1ccc(F)c(Cl)c1. The van der Waals surface area contributed by atoms with Crippen molar-refractivity contribution in [1.82, 2.24) is 9.80 Å². The molecular weight excluding hydrogens is 313 g/mol. The molecule has 22 heavy (non-hydrogen) atoms. The van der Waals surface area contributed by atoms with Crippen LogP contribution in [0.5, 0.6) is 0 Å². The number of nitrogens with one attached hydrogen (secondary N) is 1. The fourth-order valence-corrected chi connectivity index (χ4v) is 2.93. The molecule has 1 aromatic rings. The summed E-state index contributed by atoms with van der Waals surface area (Å²) in [4.78, 5) is 38.6. The number of halogens is 2. The topological polar surface area (TPSA) is 69.7 Å². The van der Waals surface area contributed by atoms with Gasteiger partial charge < -0.3 is 10.2 Å². The van der Waals surface area contributed by atoms with E-state index < -0.39 is 23.8 Å². The summed E-state index contributed by atoms with van der Waals surface area (Å²) in [5.41, 5.74) is 0.302. The first-order chi connectivity index (χ1) is 10.5. The van der Waals surface area contributed by atoms with Crippen LogP contribution in [0.25, 0.3) is 0 Å². The summed E-state index contributed by atoms with van der Waals surface area (Å²) >= 11 is 5.63. The van der Waals surface area contributed by atoms with E-state index >= 15 is 0 Å². The number of hydrogen-bond acceptors (Lipinski definition) is 3. The smallest absolute Gasteiger partial charge is 0.324 e. The minimum absolute atomic E-state index is 0.119. The number of urea groups is 1. The fourth-order valence-electron chi connectivity index (χ4n) is 2.75. The Morgan fingerprint density at radius 1 is 1.41 bits per heavy atom. The van der Waals surface area contributed by atoms with Crippen molar-refractivity contribution >= 4 is 35.1 Å². The maximum absolute atomic E-state index is 13.1. The second-order valence-corrected chi connectivity index (χ2v) is 5.64. The van der Waals surface area contributed by atoms with Crippen LogP contribution in [0.4, 0.5) is 14.9 Å². The molecule has 6 nitrogen and oxygen atoms in total. The molecule has 2 saturated heterocycles. The van der Waals surface area contributed by atoms with Gasteiger partial charge in [0.05, 0.1) is 5.02 Å². The molecule has 0 aliphatic carbocycles. The Kier molecular flexibility index (Phi) is 3.74. The van der Waals surface area contributed by atoms with Crippen LogP contribution in [0.15, 0.2) is 18.2 Å². The van der Waals surface area contributed by atoms with E-state index in [2.05, 4.69) is 5.32 Å². The van der Waals surface area contributed by atoms with Crippen molar-refractivity contribution in [3.05, 3.63) is 29.0 Å². The molecule has 0 aromatic heterocycles. The Hall–Kier alpha value is -2.15. The van der Waals surface area contributed by atoms with Crippen molar-refractivity contribution in [3.8, 4) is 0 Å². The Morgan fingerprint density at radius 3 is 2.86 bits per heavy atom. The van der Waals surface area contributed by atoms with Crippen molar-refractivity contribution in [2.24, 2.45) is 0 Å². The summed E-state index contributed by atoms with van der Waals surface area (Å²) in [6.07, 6.45) is 1.44. The van der Waals surface area contributed by atoms with Crippen molar-refractivity contribution in [3.63, 3.8) is 0 Å². The Morgan fingerprint density at radius 2 is 2.18 bits per heavy atom. The van der Waals surface area contributed by atoms with Gasteiger partial charge >= 0.3 is 6.03 Å². The second-order valence-electron chi connectivity index (χ2n) is 5.24. The molecule has 3 rings (SSSR count). The van der Waals surface area contributed by atoms with Crippen LogP contribution in [-0.4, -0.2) is 46.8 Å². The van der Waals surface area contributed by atoms with Gasteiger partial charge in [0.15, 0.2) is 0 Å². The molecule has 2 heterocycles. The van der Waals surface area contributed by atoms with Gasteiger partial charge in [0.25, 0.3) is 5.91 Å². The summed E-state index contributed by atoms with van der Waals surface area (Å²) in [6, 6.07) is 2.88. The van der Waals surface area contributed by atoms with Gasteiger partial charge in [0.1, 0.15) is 18.4 Å². The average Bonchev–Trinajstić information content (AvgIpc) is 3.03. The molecule has 1 N–H and O–H groups in total. The Bertz CT molecular complexity index is 645. The summed E-state index contributed by atoms with van der Waals surface area (Å²) in [5.74, 6) is -1.47. The monoisotopic (exact) mass is 325 g/mol. The van der Waals surface area contributed by atoms with E-state index in [1.54, 1.807) is 0 Å². The highest BCUT2D eigenvalue weighted by atomic mass is 35.5. The highest BCUT2D eigenvalue weighted by molar-refractivity contribution is 6.31. The molecule has 0 bridgehead atoms. The summed E-state index contributed by atoms with van der Waals surface area (Å²) in [6.45, 7) is 0.181. The fraction of sp³-hybridized carbons (Fsp3) is 0.357. The van der Waals surface area contributed by atoms with Crippen LogP contribution in [0.3, 0.4) is 0 Å². The first-order valence-electron chi connectivity index (χ1n) is 6.84. The van der Waals surface area contributed by atoms with Gasteiger partial charge in [-0.1, -0.05) is 11.6 Å².